The Morgan fingerprint density at radius 1 is 1.14 bits per heavy atom. The van der Waals surface area contributed by atoms with Gasteiger partial charge in [-0.25, -0.2) is 15.0 Å². The van der Waals surface area contributed by atoms with E-state index in [1.807, 2.05) is 0 Å². The van der Waals surface area contributed by atoms with Crippen LogP contribution in [-0.4, -0.2) is 65.4 Å². The highest BCUT2D eigenvalue weighted by Gasteiger charge is 2.45. The third-order valence-electron chi connectivity index (χ3n) is 5.16. The van der Waals surface area contributed by atoms with E-state index in [2.05, 4.69) is 25.5 Å². The van der Waals surface area contributed by atoms with E-state index in [-0.39, 0.29) is 31.0 Å². The summed E-state index contributed by atoms with van der Waals surface area (Å²) < 4.78 is 53.4. The number of hydrogen-bond donors (Lipinski definition) is 1. The third kappa shape index (κ3) is 5.81. The van der Waals surface area contributed by atoms with Crippen LogP contribution in [0.3, 0.4) is 0 Å². The third-order valence-corrected chi connectivity index (χ3v) is 5.16. The zero-order chi connectivity index (χ0) is 27.0. The second-order valence-electron chi connectivity index (χ2n) is 9.22. The number of fused-ring (bicyclic) bond motifs is 1. The summed E-state index contributed by atoms with van der Waals surface area (Å²) in [7, 11) is 1.26. The first-order valence-electron chi connectivity index (χ1n) is 11.2. The van der Waals surface area contributed by atoms with Crippen LogP contribution in [0, 0.1) is 0 Å². The number of nitrogens with one attached hydrogen (secondary N) is 1. The summed E-state index contributed by atoms with van der Waals surface area (Å²) in [5.74, 6) is -1.94. The minimum Gasteiger partial charge on any atom is -0.460 e. The normalized spacial score (nSPS) is 16.0. The fourth-order valence-electron chi connectivity index (χ4n) is 3.64. The largest absolute Gasteiger partial charge is 0.460 e. The van der Waals surface area contributed by atoms with Crippen LogP contribution < -0.4 is 5.43 Å². The van der Waals surface area contributed by atoms with Crippen molar-refractivity contribution in [3.63, 3.8) is 0 Å². The fraction of sp³-hybridized carbons (Fsp3) is 0.455. The van der Waals surface area contributed by atoms with Crippen molar-refractivity contribution in [1.82, 2.24) is 34.2 Å². The molecular weight excluding hydrogens is 497 g/mol. The molecule has 15 heteroatoms. The molecule has 3 aromatic heterocycles. The Bertz CT molecular complexity index is 1340. The van der Waals surface area contributed by atoms with E-state index in [0.717, 1.165) is 4.90 Å². The van der Waals surface area contributed by atoms with Crippen molar-refractivity contribution in [2.75, 3.05) is 7.05 Å². The molecule has 0 aliphatic carbocycles. The molecule has 0 saturated carbocycles. The molecule has 37 heavy (non-hydrogen) atoms. The summed E-state index contributed by atoms with van der Waals surface area (Å²) >= 11 is 0. The van der Waals surface area contributed by atoms with Crippen LogP contribution in [-0.2, 0) is 25.8 Å². The van der Waals surface area contributed by atoms with Crippen molar-refractivity contribution in [2.45, 2.75) is 58.3 Å². The van der Waals surface area contributed by atoms with Crippen LogP contribution >= 0.6 is 0 Å². The molecule has 4 rings (SSSR count). The molecule has 198 valence electrons. The van der Waals surface area contributed by atoms with Gasteiger partial charge in [-0.2, -0.15) is 18.3 Å². The van der Waals surface area contributed by atoms with Gasteiger partial charge in [0.15, 0.2) is 12.9 Å². The van der Waals surface area contributed by atoms with Gasteiger partial charge in [0, 0.05) is 25.6 Å². The van der Waals surface area contributed by atoms with Gasteiger partial charge in [-0.15, -0.1) is 0 Å². The maximum atomic E-state index is 13.3. The molecule has 0 radical (unpaired) electrons. The van der Waals surface area contributed by atoms with Gasteiger partial charge in [0.1, 0.15) is 22.7 Å². The quantitative estimate of drug-likeness (QED) is 0.466. The van der Waals surface area contributed by atoms with Gasteiger partial charge >= 0.3 is 18.1 Å². The highest BCUT2D eigenvalue weighted by molar-refractivity contribution is 5.89. The lowest BCUT2D eigenvalue weighted by Gasteiger charge is -2.22. The molecule has 0 amide bonds. The molecule has 4 heterocycles. The Kier molecular flexibility index (Phi) is 6.80. The monoisotopic (exact) mass is 522 g/mol. The number of hydrazone groups is 1. The molecule has 1 aliphatic heterocycles. The minimum absolute atomic E-state index is 0.118. The van der Waals surface area contributed by atoms with Crippen molar-refractivity contribution >= 4 is 23.6 Å². The first-order chi connectivity index (χ1) is 17.3. The van der Waals surface area contributed by atoms with E-state index in [1.54, 1.807) is 43.6 Å². The van der Waals surface area contributed by atoms with Crippen LogP contribution in [0.25, 0.3) is 17.2 Å². The van der Waals surface area contributed by atoms with E-state index in [9.17, 15) is 22.8 Å². The van der Waals surface area contributed by atoms with E-state index < -0.39 is 35.7 Å². The fourth-order valence-corrected chi connectivity index (χ4v) is 3.64. The number of imidazole rings is 2. The first-order valence-corrected chi connectivity index (χ1v) is 11.2. The molecule has 12 nitrogen and oxygen atoms in total. The van der Waals surface area contributed by atoms with Gasteiger partial charge < -0.3 is 18.9 Å². The lowest BCUT2D eigenvalue weighted by atomic mass is 10.2. The number of alkyl halides is 3. The van der Waals surface area contributed by atoms with Crippen molar-refractivity contribution in [3.8, 4) is 11.4 Å². The summed E-state index contributed by atoms with van der Waals surface area (Å²) in [6.45, 7) is 5.00. The number of halogens is 3. The van der Waals surface area contributed by atoms with E-state index >= 15 is 0 Å². The number of aromatic nitrogens is 5. The minimum atomic E-state index is -4.65. The zero-order valence-corrected chi connectivity index (χ0v) is 20.5. The highest BCUT2D eigenvalue weighted by Crippen LogP contribution is 2.34. The van der Waals surface area contributed by atoms with Gasteiger partial charge in [0.05, 0.1) is 19.2 Å². The van der Waals surface area contributed by atoms with Gasteiger partial charge in [-0.3, -0.25) is 19.4 Å². The molecule has 0 fully saturated rings. The number of amidine groups is 1. The molecule has 0 bridgehead atoms. The van der Waals surface area contributed by atoms with Crippen LogP contribution in [0.1, 0.15) is 45.5 Å². The standard InChI is InChI=1S/C22H25F3N8O4/c1-21(2,3)37-15(35)7-6-14(34)36-12-32-10-13(27-11-32)17-16(28-20-26-8-5-9-33(17)20)18-29-30-19(31(18)4)22(23,24)25/h5,8-11,18,29H,6-7,12H2,1-4H3. The molecule has 1 N–H and O–H groups in total. The molecular formula is C22H25F3N8O4. The number of nitrogens with zero attached hydrogens (tertiary/aromatic N) is 7. The van der Waals surface area contributed by atoms with Crippen LogP contribution in [0.5, 0.6) is 0 Å². The molecule has 0 spiro atoms. The summed E-state index contributed by atoms with van der Waals surface area (Å²) in [4.78, 5) is 37.7. The number of ether oxygens (including phenoxy) is 2. The van der Waals surface area contributed by atoms with Gasteiger partial charge in [-0.05, 0) is 26.8 Å². The highest BCUT2D eigenvalue weighted by atomic mass is 19.4. The Balaban J connectivity index is 1.49. The number of esters is 2. The van der Waals surface area contributed by atoms with E-state index in [4.69, 9.17) is 9.47 Å². The Morgan fingerprint density at radius 2 is 1.86 bits per heavy atom. The summed E-state index contributed by atoms with van der Waals surface area (Å²) in [6, 6.07) is 1.65. The summed E-state index contributed by atoms with van der Waals surface area (Å²) in [6.07, 6.45) is 0.182. The average molecular weight is 522 g/mol. The number of hydrogen-bond acceptors (Lipinski definition) is 10. The Morgan fingerprint density at radius 3 is 2.54 bits per heavy atom. The summed E-state index contributed by atoms with van der Waals surface area (Å²) in [5.41, 5.74) is 2.81. The molecule has 1 unspecified atom stereocenters. The van der Waals surface area contributed by atoms with Crippen LogP contribution in [0.15, 0.2) is 36.1 Å². The Labute approximate surface area is 209 Å². The summed E-state index contributed by atoms with van der Waals surface area (Å²) in [5, 5.41) is 3.44. The Hall–Kier alpha value is -4.17. The smallest absolute Gasteiger partial charge is 0.451 e. The second-order valence-corrected chi connectivity index (χ2v) is 9.22. The maximum absolute atomic E-state index is 13.3. The van der Waals surface area contributed by atoms with Crippen LogP contribution in [0.2, 0.25) is 0 Å². The van der Waals surface area contributed by atoms with Crippen molar-refractivity contribution in [1.29, 1.82) is 0 Å². The first kappa shape index (κ1) is 25.9. The number of carbonyl (C=O) groups excluding carboxylic acids is 2. The van der Waals surface area contributed by atoms with Gasteiger partial charge in [0.25, 0.3) is 0 Å². The van der Waals surface area contributed by atoms with Gasteiger partial charge in [0.2, 0.25) is 11.6 Å². The number of carbonyl (C=O) groups is 2. The van der Waals surface area contributed by atoms with E-state index in [0.29, 0.717) is 11.4 Å². The van der Waals surface area contributed by atoms with Crippen LogP contribution in [0.4, 0.5) is 13.2 Å². The van der Waals surface area contributed by atoms with Crippen molar-refractivity contribution < 1.29 is 32.2 Å². The van der Waals surface area contributed by atoms with Crippen molar-refractivity contribution in [2.24, 2.45) is 5.10 Å². The predicted octanol–water partition coefficient (Wildman–Crippen LogP) is 2.62. The number of rotatable bonds is 7. The molecule has 1 aliphatic rings. The lowest BCUT2D eigenvalue weighted by molar-refractivity contribution is -0.159. The average Bonchev–Trinajstić information content (AvgIpc) is 3.50. The molecule has 0 saturated heterocycles. The van der Waals surface area contributed by atoms with E-state index in [1.165, 1.54) is 24.1 Å². The second kappa shape index (κ2) is 9.71. The van der Waals surface area contributed by atoms with Crippen molar-refractivity contribution in [3.05, 3.63) is 36.7 Å². The molecule has 0 aromatic carbocycles. The zero-order valence-electron chi connectivity index (χ0n) is 20.5. The maximum Gasteiger partial charge on any atom is 0.451 e. The molecule has 3 aromatic rings. The predicted molar refractivity (Wildman–Crippen MR) is 123 cm³/mol. The lowest BCUT2D eigenvalue weighted by Crippen LogP contribution is -2.38. The van der Waals surface area contributed by atoms with Gasteiger partial charge in [-0.1, -0.05) is 0 Å². The topological polar surface area (TPSA) is 128 Å². The SMILES string of the molecule is CN1C(C(F)(F)F)=NNC1c1nc2ncccn2c1-c1cn(COC(=O)CCC(=O)OC(C)(C)C)cn1. The molecule has 1 atom stereocenters.